The van der Waals surface area contributed by atoms with Crippen molar-refractivity contribution in [3.63, 3.8) is 0 Å². The Kier molecular flexibility index (Phi) is 2.80. The van der Waals surface area contributed by atoms with Gasteiger partial charge in [-0.05, 0) is 13.8 Å². The van der Waals surface area contributed by atoms with Crippen molar-refractivity contribution in [2.75, 3.05) is 0 Å². The van der Waals surface area contributed by atoms with Gasteiger partial charge in [0.25, 0.3) is 0 Å². The van der Waals surface area contributed by atoms with Crippen LogP contribution in [0.25, 0.3) is 0 Å². The Bertz CT molecular complexity index is 197. The lowest BCUT2D eigenvalue weighted by Crippen LogP contribution is -2.11. The van der Waals surface area contributed by atoms with Gasteiger partial charge in [0.1, 0.15) is 0 Å². The van der Waals surface area contributed by atoms with Gasteiger partial charge in [-0.1, -0.05) is 0 Å². The van der Waals surface area contributed by atoms with Gasteiger partial charge in [-0.2, -0.15) is 0 Å². The maximum absolute atomic E-state index is 10.7. The third kappa shape index (κ3) is 2.01. The van der Waals surface area contributed by atoms with Gasteiger partial charge in [-0.15, -0.1) is 0 Å². The smallest absolute Gasteiger partial charge is 0.227 e. The van der Waals surface area contributed by atoms with Crippen LogP contribution in [0.2, 0.25) is 0 Å². The molecule has 0 spiro atoms. The van der Waals surface area contributed by atoms with Crippen LogP contribution in [-0.4, -0.2) is 16.7 Å². The first-order valence-electron chi connectivity index (χ1n) is 2.88. The fourth-order valence-electron chi connectivity index (χ4n) is 0.428. The Morgan fingerprint density at radius 2 is 1.50 bits per heavy atom. The Morgan fingerprint density at radius 1 is 1.10 bits per heavy atom. The monoisotopic (exact) mass is 142 g/mol. The van der Waals surface area contributed by atoms with E-state index in [2.05, 4.69) is 0 Å². The minimum atomic E-state index is -0.625. The Morgan fingerprint density at radius 3 is 1.60 bits per heavy atom. The lowest BCUT2D eigenvalue weighted by molar-refractivity contribution is -0.133. The van der Waals surface area contributed by atoms with Gasteiger partial charge >= 0.3 is 0 Å². The molecule has 0 aromatic carbocycles. The molecule has 0 saturated heterocycles. The van der Waals surface area contributed by atoms with Crippen LogP contribution in [0.5, 0.6) is 0 Å². The molecule has 0 aliphatic heterocycles. The molecule has 3 nitrogen and oxygen atoms in total. The van der Waals surface area contributed by atoms with E-state index in [0.717, 1.165) is 0 Å². The van der Waals surface area contributed by atoms with Gasteiger partial charge in [0.15, 0.2) is 5.78 Å². The predicted molar refractivity (Wildman–Crippen MR) is 36.7 cm³/mol. The summed E-state index contributed by atoms with van der Waals surface area (Å²) in [5.74, 6) is -1.27. The third-order valence-electron chi connectivity index (χ3n) is 1.20. The molecule has 0 rings (SSSR count). The Balaban J connectivity index is 4.54. The van der Waals surface area contributed by atoms with Crippen LogP contribution in [0.3, 0.4) is 0 Å². The van der Waals surface area contributed by atoms with Crippen LogP contribution >= 0.6 is 0 Å². The van der Waals surface area contributed by atoms with Gasteiger partial charge in [0, 0.05) is 12.5 Å². The van der Waals surface area contributed by atoms with Crippen LogP contribution < -0.4 is 0 Å². The standard InChI is InChI=1S/C7H10O3/c1-4(5(2)8)7(10)6(3)9/h8H,1-3H3. The molecule has 0 amide bonds. The highest BCUT2D eigenvalue weighted by molar-refractivity contribution is 6.42. The predicted octanol–water partition coefficient (Wildman–Crippen LogP) is 0.996. The van der Waals surface area contributed by atoms with Crippen molar-refractivity contribution in [1.82, 2.24) is 0 Å². The largest absolute Gasteiger partial charge is 0.512 e. The molecular formula is C7H10O3. The van der Waals surface area contributed by atoms with Crippen LogP contribution in [0.1, 0.15) is 20.8 Å². The third-order valence-corrected chi connectivity index (χ3v) is 1.20. The van der Waals surface area contributed by atoms with Crippen molar-refractivity contribution in [3.05, 3.63) is 11.3 Å². The molecule has 0 aliphatic rings. The topological polar surface area (TPSA) is 54.4 Å². The second kappa shape index (κ2) is 3.15. The summed E-state index contributed by atoms with van der Waals surface area (Å²) in [5, 5.41) is 8.75. The maximum Gasteiger partial charge on any atom is 0.227 e. The minimum Gasteiger partial charge on any atom is -0.512 e. The van der Waals surface area contributed by atoms with E-state index in [4.69, 9.17) is 5.11 Å². The molecule has 0 aromatic heterocycles. The summed E-state index contributed by atoms with van der Waals surface area (Å²) in [7, 11) is 0. The summed E-state index contributed by atoms with van der Waals surface area (Å²) in [6, 6.07) is 0. The number of aliphatic hydroxyl groups excluding tert-OH is 1. The lowest BCUT2D eigenvalue weighted by atomic mass is 10.1. The van der Waals surface area contributed by atoms with Gasteiger partial charge < -0.3 is 5.11 Å². The number of carbonyl (C=O) groups excluding carboxylic acids is 2. The van der Waals surface area contributed by atoms with E-state index >= 15 is 0 Å². The van der Waals surface area contributed by atoms with E-state index in [-0.39, 0.29) is 11.3 Å². The number of rotatable bonds is 2. The first-order valence-corrected chi connectivity index (χ1v) is 2.88. The zero-order valence-corrected chi connectivity index (χ0v) is 6.26. The summed E-state index contributed by atoms with van der Waals surface area (Å²) in [6.07, 6.45) is 0. The molecule has 1 N–H and O–H groups in total. The molecule has 56 valence electrons. The minimum absolute atomic E-state index is 0.0970. The molecule has 0 bridgehead atoms. The van der Waals surface area contributed by atoms with Gasteiger partial charge in [0.05, 0.1) is 5.76 Å². The second-order valence-electron chi connectivity index (χ2n) is 2.10. The van der Waals surface area contributed by atoms with Gasteiger partial charge in [0.2, 0.25) is 5.78 Å². The van der Waals surface area contributed by atoms with Crippen LogP contribution in [0.4, 0.5) is 0 Å². The van der Waals surface area contributed by atoms with Crippen LogP contribution in [0.15, 0.2) is 11.3 Å². The molecule has 0 aromatic rings. The number of carbonyl (C=O) groups is 2. The number of hydrogen-bond acceptors (Lipinski definition) is 3. The maximum atomic E-state index is 10.7. The first kappa shape index (κ1) is 8.88. The average molecular weight is 142 g/mol. The molecule has 0 radical (unpaired) electrons. The second-order valence-corrected chi connectivity index (χ2v) is 2.10. The van der Waals surface area contributed by atoms with Crippen molar-refractivity contribution in [1.29, 1.82) is 0 Å². The van der Waals surface area contributed by atoms with Crippen molar-refractivity contribution >= 4 is 11.6 Å². The van der Waals surface area contributed by atoms with E-state index in [9.17, 15) is 9.59 Å². The van der Waals surface area contributed by atoms with Crippen LogP contribution in [-0.2, 0) is 9.59 Å². The van der Waals surface area contributed by atoms with E-state index in [1.807, 2.05) is 0 Å². The zero-order chi connectivity index (χ0) is 8.31. The highest BCUT2D eigenvalue weighted by Crippen LogP contribution is 2.00. The van der Waals surface area contributed by atoms with Crippen molar-refractivity contribution in [2.24, 2.45) is 0 Å². The van der Waals surface area contributed by atoms with E-state index in [0.29, 0.717) is 0 Å². The highest BCUT2D eigenvalue weighted by atomic mass is 16.3. The van der Waals surface area contributed by atoms with E-state index in [1.54, 1.807) is 0 Å². The van der Waals surface area contributed by atoms with Gasteiger partial charge in [-0.3, -0.25) is 9.59 Å². The lowest BCUT2D eigenvalue weighted by Gasteiger charge is -1.95. The number of aliphatic hydroxyl groups is 1. The van der Waals surface area contributed by atoms with Crippen LogP contribution in [0, 0.1) is 0 Å². The number of Topliss-reactive ketones (excluding diaryl/α,β-unsaturated/α-hetero) is 2. The molecule has 0 unspecified atom stereocenters. The van der Waals surface area contributed by atoms with E-state index < -0.39 is 11.6 Å². The highest BCUT2D eigenvalue weighted by Gasteiger charge is 2.11. The fraction of sp³-hybridized carbons (Fsp3) is 0.429. The van der Waals surface area contributed by atoms with Crippen molar-refractivity contribution in [2.45, 2.75) is 20.8 Å². The van der Waals surface area contributed by atoms with Crippen molar-refractivity contribution < 1.29 is 14.7 Å². The first-order chi connectivity index (χ1) is 4.46. The summed E-state index contributed by atoms with van der Waals surface area (Å²) in [5.41, 5.74) is 0.118. The summed E-state index contributed by atoms with van der Waals surface area (Å²) in [6.45, 7) is 3.96. The molecule has 0 fully saturated rings. The molecule has 3 heteroatoms. The summed E-state index contributed by atoms with van der Waals surface area (Å²) in [4.78, 5) is 21.1. The Hall–Kier alpha value is -1.12. The summed E-state index contributed by atoms with van der Waals surface area (Å²) >= 11 is 0. The zero-order valence-electron chi connectivity index (χ0n) is 6.26. The molecular weight excluding hydrogens is 132 g/mol. The van der Waals surface area contributed by atoms with E-state index in [1.165, 1.54) is 20.8 Å². The van der Waals surface area contributed by atoms with Crippen molar-refractivity contribution in [3.8, 4) is 0 Å². The average Bonchev–Trinajstić information content (AvgIpc) is 1.84. The SMILES string of the molecule is CC(=O)C(=O)C(C)=C(C)O. The Labute approximate surface area is 59.4 Å². The number of allylic oxidation sites excluding steroid dienone is 2. The molecule has 0 saturated carbocycles. The van der Waals surface area contributed by atoms with Gasteiger partial charge in [-0.25, -0.2) is 0 Å². The number of ketones is 2. The summed E-state index contributed by atoms with van der Waals surface area (Å²) < 4.78 is 0. The molecule has 0 atom stereocenters. The quantitative estimate of drug-likeness (QED) is 0.355. The number of hydrogen-bond donors (Lipinski definition) is 1. The molecule has 10 heavy (non-hydrogen) atoms. The molecule has 0 aliphatic carbocycles. The normalized spacial score (nSPS) is 12.3. The molecule has 0 heterocycles. The fourth-order valence-corrected chi connectivity index (χ4v) is 0.428.